The minimum absolute atomic E-state index is 0.0776. The number of nitrogens with zero attached hydrogens (tertiary/aromatic N) is 5. The van der Waals surface area contributed by atoms with E-state index in [4.69, 9.17) is 0 Å². The number of amides is 2. The molecule has 1 N–H and O–H groups in total. The SMILES string of the molecule is CCN(CC)C(=O)Cn1ccc2cc(NC(=O)Cn3nc4n(c3=O)CCCCC4)ccc21. The lowest BCUT2D eigenvalue weighted by Gasteiger charge is -2.19. The van der Waals surface area contributed by atoms with Crippen LogP contribution in [0.5, 0.6) is 0 Å². The molecule has 0 atom stereocenters. The molecule has 0 radical (unpaired) electrons. The first kappa shape index (κ1) is 21.9. The second-order valence-corrected chi connectivity index (χ2v) is 8.15. The molecule has 0 bridgehead atoms. The summed E-state index contributed by atoms with van der Waals surface area (Å²) in [6.07, 6.45) is 5.73. The number of carbonyl (C=O) groups is 2. The molecular formula is C23H30N6O3. The number of likely N-dealkylation sites (N-methyl/N-ethyl adjacent to an activating group) is 1. The summed E-state index contributed by atoms with van der Waals surface area (Å²) in [5, 5.41) is 8.16. The number of benzene rings is 1. The van der Waals surface area contributed by atoms with Crippen LogP contribution in [0.2, 0.25) is 0 Å². The van der Waals surface area contributed by atoms with E-state index in [-0.39, 0.29) is 30.6 Å². The number of aromatic nitrogens is 4. The molecule has 2 aromatic heterocycles. The van der Waals surface area contributed by atoms with Gasteiger partial charge in [0.15, 0.2) is 0 Å². The fourth-order valence-corrected chi connectivity index (χ4v) is 4.30. The van der Waals surface area contributed by atoms with E-state index in [0.29, 0.717) is 25.3 Å². The normalized spacial score (nSPS) is 13.6. The van der Waals surface area contributed by atoms with E-state index in [1.165, 1.54) is 4.68 Å². The van der Waals surface area contributed by atoms with Crippen molar-refractivity contribution in [2.75, 3.05) is 18.4 Å². The van der Waals surface area contributed by atoms with Gasteiger partial charge < -0.3 is 14.8 Å². The quantitative estimate of drug-likeness (QED) is 0.612. The van der Waals surface area contributed by atoms with Crippen LogP contribution in [-0.4, -0.2) is 48.7 Å². The van der Waals surface area contributed by atoms with E-state index in [2.05, 4.69) is 10.4 Å². The predicted octanol–water partition coefficient (Wildman–Crippen LogP) is 2.23. The monoisotopic (exact) mass is 438 g/mol. The van der Waals surface area contributed by atoms with Crippen molar-refractivity contribution >= 4 is 28.4 Å². The van der Waals surface area contributed by atoms with Crippen molar-refractivity contribution in [1.82, 2.24) is 23.8 Å². The lowest BCUT2D eigenvalue weighted by atomic mass is 10.2. The van der Waals surface area contributed by atoms with Gasteiger partial charge in [0.05, 0.1) is 0 Å². The molecule has 0 unspecified atom stereocenters. The van der Waals surface area contributed by atoms with E-state index in [1.54, 1.807) is 9.47 Å². The number of aryl methyl sites for hydroxylation is 1. The van der Waals surface area contributed by atoms with Crippen molar-refractivity contribution in [1.29, 1.82) is 0 Å². The standard InChI is InChI=1S/C23H30N6O3/c1-3-26(4-2)22(31)16-27-13-11-17-14-18(9-10-19(17)27)24-21(30)15-29-23(32)28-12-7-5-6-8-20(28)25-29/h9-11,13-14H,3-8,12,15-16H2,1-2H3,(H,24,30). The smallest absolute Gasteiger partial charge is 0.342 e. The minimum Gasteiger partial charge on any atom is -0.342 e. The van der Waals surface area contributed by atoms with E-state index in [0.717, 1.165) is 42.4 Å². The Morgan fingerprint density at radius 3 is 2.69 bits per heavy atom. The van der Waals surface area contributed by atoms with Gasteiger partial charge in [-0.3, -0.25) is 14.2 Å². The van der Waals surface area contributed by atoms with Gasteiger partial charge in [-0.15, -0.1) is 0 Å². The zero-order chi connectivity index (χ0) is 22.7. The average Bonchev–Trinajstić information content (AvgIpc) is 3.19. The third-order valence-electron chi connectivity index (χ3n) is 6.05. The van der Waals surface area contributed by atoms with Crippen LogP contribution in [0.3, 0.4) is 0 Å². The molecule has 0 spiro atoms. The van der Waals surface area contributed by atoms with Gasteiger partial charge in [0, 0.05) is 48.8 Å². The molecule has 1 aliphatic heterocycles. The Kier molecular flexibility index (Phi) is 6.43. The largest absolute Gasteiger partial charge is 0.346 e. The van der Waals surface area contributed by atoms with E-state index >= 15 is 0 Å². The molecule has 0 fully saturated rings. The predicted molar refractivity (Wildman–Crippen MR) is 123 cm³/mol. The minimum atomic E-state index is -0.296. The molecule has 1 aromatic carbocycles. The highest BCUT2D eigenvalue weighted by Crippen LogP contribution is 2.21. The van der Waals surface area contributed by atoms with Gasteiger partial charge in [-0.2, -0.15) is 5.10 Å². The molecule has 4 rings (SSSR count). The number of rotatable bonds is 7. The van der Waals surface area contributed by atoms with Gasteiger partial charge in [0.1, 0.15) is 18.9 Å². The van der Waals surface area contributed by atoms with Crippen LogP contribution in [0.4, 0.5) is 5.69 Å². The molecule has 3 heterocycles. The topological polar surface area (TPSA) is 94.2 Å². The van der Waals surface area contributed by atoms with Gasteiger partial charge in [-0.05, 0) is 51.0 Å². The summed E-state index contributed by atoms with van der Waals surface area (Å²) in [6, 6.07) is 7.50. The Labute approximate surface area is 186 Å². The molecule has 32 heavy (non-hydrogen) atoms. The molecule has 170 valence electrons. The third-order valence-corrected chi connectivity index (χ3v) is 6.05. The van der Waals surface area contributed by atoms with Gasteiger partial charge >= 0.3 is 5.69 Å². The number of carbonyl (C=O) groups excluding carboxylic acids is 2. The molecule has 9 nitrogen and oxygen atoms in total. The summed E-state index contributed by atoms with van der Waals surface area (Å²) >= 11 is 0. The zero-order valence-corrected chi connectivity index (χ0v) is 18.7. The lowest BCUT2D eigenvalue weighted by molar-refractivity contribution is -0.131. The number of fused-ring (bicyclic) bond motifs is 2. The lowest BCUT2D eigenvalue weighted by Crippen LogP contribution is -2.33. The maximum absolute atomic E-state index is 12.6. The Morgan fingerprint density at radius 2 is 1.91 bits per heavy atom. The van der Waals surface area contributed by atoms with Gasteiger partial charge in [0.2, 0.25) is 11.8 Å². The molecule has 3 aromatic rings. The first-order valence-electron chi connectivity index (χ1n) is 11.3. The Balaban J connectivity index is 1.44. The van der Waals surface area contributed by atoms with Crippen LogP contribution in [0, 0.1) is 0 Å². The fraction of sp³-hybridized carbons (Fsp3) is 0.478. The maximum atomic E-state index is 12.6. The van der Waals surface area contributed by atoms with Gasteiger partial charge in [-0.25, -0.2) is 9.48 Å². The van der Waals surface area contributed by atoms with Crippen molar-refractivity contribution in [2.24, 2.45) is 0 Å². The summed E-state index contributed by atoms with van der Waals surface area (Å²) in [5.74, 6) is 0.548. The van der Waals surface area contributed by atoms with Crippen LogP contribution < -0.4 is 11.0 Å². The molecule has 0 saturated heterocycles. The van der Waals surface area contributed by atoms with E-state index < -0.39 is 0 Å². The molecular weight excluding hydrogens is 408 g/mol. The zero-order valence-electron chi connectivity index (χ0n) is 18.7. The van der Waals surface area contributed by atoms with Gasteiger partial charge in [-0.1, -0.05) is 6.42 Å². The Hall–Kier alpha value is -3.36. The van der Waals surface area contributed by atoms with Crippen molar-refractivity contribution < 1.29 is 9.59 Å². The highest BCUT2D eigenvalue weighted by Gasteiger charge is 2.17. The summed E-state index contributed by atoms with van der Waals surface area (Å²) in [5.41, 5.74) is 1.35. The van der Waals surface area contributed by atoms with E-state index in [9.17, 15) is 14.4 Å². The van der Waals surface area contributed by atoms with Crippen molar-refractivity contribution in [3.05, 3.63) is 46.8 Å². The molecule has 0 saturated carbocycles. The molecule has 1 aliphatic rings. The summed E-state index contributed by atoms with van der Waals surface area (Å²) in [7, 11) is 0. The summed E-state index contributed by atoms with van der Waals surface area (Å²) in [6.45, 7) is 6.15. The van der Waals surface area contributed by atoms with Crippen molar-refractivity contribution in [2.45, 2.75) is 59.2 Å². The average molecular weight is 439 g/mol. The first-order valence-corrected chi connectivity index (χ1v) is 11.3. The van der Waals surface area contributed by atoms with Crippen LogP contribution in [-0.2, 0) is 35.6 Å². The van der Waals surface area contributed by atoms with Crippen LogP contribution in [0.15, 0.2) is 35.3 Å². The van der Waals surface area contributed by atoms with Gasteiger partial charge in [0.25, 0.3) is 0 Å². The highest BCUT2D eigenvalue weighted by molar-refractivity contribution is 5.94. The van der Waals surface area contributed by atoms with Crippen molar-refractivity contribution in [3.63, 3.8) is 0 Å². The summed E-state index contributed by atoms with van der Waals surface area (Å²) < 4.78 is 4.86. The molecule has 9 heteroatoms. The number of anilines is 1. The number of hydrogen-bond acceptors (Lipinski definition) is 4. The molecule has 0 aliphatic carbocycles. The molecule has 2 amide bonds. The van der Waals surface area contributed by atoms with E-state index in [1.807, 2.05) is 48.9 Å². The van der Waals surface area contributed by atoms with Crippen LogP contribution in [0.25, 0.3) is 10.9 Å². The third kappa shape index (κ3) is 4.46. The number of nitrogens with one attached hydrogen (secondary N) is 1. The fourth-order valence-electron chi connectivity index (χ4n) is 4.30. The Morgan fingerprint density at radius 1 is 1.09 bits per heavy atom. The second kappa shape index (κ2) is 9.42. The first-order chi connectivity index (χ1) is 15.5. The maximum Gasteiger partial charge on any atom is 0.346 e. The Bertz CT molecular complexity index is 1180. The van der Waals surface area contributed by atoms with Crippen LogP contribution in [0.1, 0.15) is 38.9 Å². The summed E-state index contributed by atoms with van der Waals surface area (Å²) in [4.78, 5) is 39.4. The second-order valence-electron chi connectivity index (χ2n) is 8.15. The number of hydrogen-bond donors (Lipinski definition) is 1. The van der Waals surface area contributed by atoms with Crippen molar-refractivity contribution in [3.8, 4) is 0 Å². The highest BCUT2D eigenvalue weighted by atomic mass is 16.2. The van der Waals surface area contributed by atoms with Crippen LogP contribution >= 0.6 is 0 Å².